The molecule has 1 fully saturated rings. The van der Waals surface area contributed by atoms with Crippen LogP contribution in [-0.4, -0.2) is 16.6 Å². The molecule has 2 aromatic rings. The molecule has 1 aliphatic carbocycles. The monoisotopic (exact) mass is 450 g/mol. The summed E-state index contributed by atoms with van der Waals surface area (Å²) in [6.07, 6.45) is 21.4. The Kier molecular flexibility index (Phi) is 11.2. The highest BCUT2D eigenvalue weighted by molar-refractivity contribution is 5.55. The second-order valence-corrected chi connectivity index (χ2v) is 10.4. The number of hydrogen-bond donors (Lipinski definition) is 0. The predicted octanol–water partition coefficient (Wildman–Crippen LogP) is 8.67. The largest absolute Gasteiger partial charge is 0.494 e. The van der Waals surface area contributed by atoms with E-state index in [-0.39, 0.29) is 0 Å². The van der Waals surface area contributed by atoms with Gasteiger partial charge in [-0.05, 0) is 73.3 Å². The van der Waals surface area contributed by atoms with Gasteiger partial charge in [0.15, 0.2) is 5.82 Å². The number of aryl methyl sites for hydroxylation is 1. The zero-order valence-corrected chi connectivity index (χ0v) is 21.4. The van der Waals surface area contributed by atoms with Crippen molar-refractivity contribution in [3.05, 3.63) is 42.2 Å². The predicted molar refractivity (Wildman–Crippen MR) is 140 cm³/mol. The summed E-state index contributed by atoms with van der Waals surface area (Å²) in [6.45, 7) is 7.67. The Morgan fingerprint density at radius 1 is 0.879 bits per heavy atom. The smallest absolute Gasteiger partial charge is 0.159 e. The molecular weight excluding hydrogens is 404 g/mol. The normalized spacial score (nSPS) is 19.4. The summed E-state index contributed by atoms with van der Waals surface area (Å²) in [7, 11) is 0. The van der Waals surface area contributed by atoms with Gasteiger partial charge < -0.3 is 4.74 Å². The molecule has 0 N–H and O–H groups in total. The molecule has 33 heavy (non-hydrogen) atoms. The van der Waals surface area contributed by atoms with E-state index in [1.54, 1.807) is 0 Å². The van der Waals surface area contributed by atoms with E-state index in [1.807, 2.05) is 12.4 Å². The van der Waals surface area contributed by atoms with E-state index < -0.39 is 0 Å². The summed E-state index contributed by atoms with van der Waals surface area (Å²) in [5.74, 6) is 4.42. The molecule has 1 aromatic heterocycles. The molecular formula is C30H46N2O. The van der Waals surface area contributed by atoms with Gasteiger partial charge in [-0.15, -0.1) is 0 Å². The molecule has 0 radical (unpaired) electrons. The van der Waals surface area contributed by atoms with Crippen LogP contribution in [0.1, 0.15) is 103 Å². The molecule has 1 aromatic carbocycles. The number of ether oxygens (including phenoxy) is 1. The van der Waals surface area contributed by atoms with Crippen molar-refractivity contribution in [2.75, 3.05) is 6.61 Å². The summed E-state index contributed by atoms with van der Waals surface area (Å²) in [4.78, 5) is 9.17. The van der Waals surface area contributed by atoms with E-state index >= 15 is 0 Å². The quantitative estimate of drug-likeness (QED) is 0.270. The number of aromatic nitrogens is 2. The van der Waals surface area contributed by atoms with Crippen LogP contribution in [0.2, 0.25) is 0 Å². The van der Waals surface area contributed by atoms with Crippen molar-refractivity contribution in [2.45, 2.75) is 104 Å². The van der Waals surface area contributed by atoms with Gasteiger partial charge in [0.05, 0.1) is 6.61 Å². The fraction of sp³-hybridized carbons (Fsp3) is 0.667. The molecule has 3 rings (SSSR count). The van der Waals surface area contributed by atoms with Crippen molar-refractivity contribution in [3.63, 3.8) is 0 Å². The maximum atomic E-state index is 6.02. The topological polar surface area (TPSA) is 35.0 Å². The van der Waals surface area contributed by atoms with Gasteiger partial charge in [0.25, 0.3) is 0 Å². The summed E-state index contributed by atoms with van der Waals surface area (Å²) >= 11 is 0. The van der Waals surface area contributed by atoms with Crippen molar-refractivity contribution in [3.8, 4) is 17.1 Å². The molecule has 1 aliphatic rings. The van der Waals surface area contributed by atoms with Crippen LogP contribution in [0.25, 0.3) is 11.4 Å². The Morgan fingerprint density at radius 3 is 2.12 bits per heavy atom. The molecule has 0 amide bonds. The standard InChI is InChI=1S/C30H46N2O/c1-4-6-7-9-25-13-15-26(16-14-25)10-8-21-33-29-19-17-28(18-20-29)30-31-22-27(23-32-30)12-11-24(3)5-2/h17-20,22-26H,4-16,21H2,1-3H3/t24-,25?,26?/m0/s1. The molecule has 0 spiro atoms. The van der Waals surface area contributed by atoms with Crippen molar-refractivity contribution >= 4 is 0 Å². The molecule has 182 valence electrons. The maximum absolute atomic E-state index is 6.02. The molecule has 0 saturated heterocycles. The third kappa shape index (κ3) is 9.10. The molecule has 1 heterocycles. The van der Waals surface area contributed by atoms with Crippen LogP contribution in [0.3, 0.4) is 0 Å². The Bertz CT molecular complexity index is 763. The Balaban J connectivity index is 1.33. The molecule has 1 saturated carbocycles. The van der Waals surface area contributed by atoms with Gasteiger partial charge in [0.1, 0.15) is 5.75 Å². The van der Waals surface area contributed by atoms with E-state index in [9.17, 15) is 0 Å². The number of hydrogen-bond acceptors (Lipinski definition) is 3. The zero-order chi connectivity index (χ0) is 23.3. The third-order valence-electron chi connectivity index (χ3n) is 7.65. The Morgan fingerprint density at radius 2 is 1.52 bits per heavy atom. The molecule has 1 atom stereocenters. The Hall–Kier alpha value is -1.90. The maximum Gasteiger partial charge on any atom is 0.159 e. The lowest BCUT2D eigenvalue weighted by Crippen LogP contribution is -2.15. The fourth-order valence-electron chi connectivity index (χ4n) is 5.00. The lowest BCUT2D eigenvalue weighted by Gasteiger charge is -2.28. The molecule has 0 unspecified atom stereocenters. The highest BCUT2D eigenvalue weighted by Crippen LogP contribution is 2.34. The molecule has 3 heteroatoms. The lowest BCUT2D eigenvalue weighted by atomic mass is 9.78. The number of nitrogens with zero attached hydrogens (tertiary/aromatic N) is 2. The summed E-state index contributed by atoms with van der Waals surface area (Å²) in [5, 5.41) is 0. The van der Waals surface area contributed by atoms with Crippen LogP contribution in [0.5, 0.6) is 5.75 Å². The first-order valence-electron chi connectivity index (χ1n) is 13.7. The molecule has 3 nitrogen and oxygen atoms in total. The van der Waals surface area contributed by atoms with Crippen LogP contribution in [0.15, 0.2) is 36.7 Å². The van der Waals surface area contributed by atoms with Gasteiger partial charge in [0.2, 0.25) is 0 Å². The van der Waals surface area contributed by atoms with Gasteiger partial charge in [0, 0.05) is 18.0 Å². The first kappa shape index (κ1) is 25.7. The van der Waals surface area contributed by atoms with Crippen molar-refractivity contribution in [2.24, 2.45) is 17.8 Å². The van der Waals surface area contributed by atoms with E-state index in [4.69, 9.17) is 4.74 Å². The van der Waals surface area contributed by atoms with Crippen LogP contribution in [0, 0.1) is 17.8 Å². The average molecular weight is 451 g/mol. The highest BCUT2D eigenvalue weighted by Gasteiger charge is 2.20. The van der Waals surface area contributed by atoms with Gasteiger partial charge >= 0.3 is 0 Å². The van der Waals surface area contributed by atoms with Crippen LogP contribution < -0.4 is 4.74 Å². The van der Waals surface area contributed by atoms with Gasteiger partial charge in [-0.2, -0.15) is 0 Å². The number of unbranched alkanes of at least 4 members (excludes halogenated alkanes) is 2. The third-order valence-corrected chi connectivity index (χ3v) is 7.65. The first-order chi connectivity index (χ1) is 16.2. The summed E-state index contributed by atoms with van der Waals surface area (Å²) in [5.41, 5.74) is 2.27. The average Bonchev–Trinajstić information content (AvgIpc) is 2.87. The minimum atomic E-state index is 0.757. The van der Waals surface area contributed by atoms with E-state index in [0.717, 1.165) is 54.3 Å². The van der Waals surface area contributed by atoms with Crippen LogP contribution in [0.4, 0.5) is 0 Å². The van der Waals surface area contributed by atoms with Crippen LogP contribution in [-0.2, 0) is 6.42 Å². The number of benzene rings is 1. The molecule has 0 bridgehead atoms. The SMILES string of the molecule is CCCCCC1CCC(CCCOc2ccc(-c3ncc(CC[C@@H](C)CC)cn3)cc2)CC1. The van der Waals surface area contributed by atoms with Crippen LogP contribution >= 0.6 is 0 Å². The molecule has 0 aliphatic heterocycles. The second-order valence-electron chi connectivity index (χ2n) is 10.4. The van der Waals surface area contributed by atoms with Crippen molar-refractivity contribution < 1.29 is 4.74 Å². The van der Waals surface area contributed by atoms with E-state index in [0.29, 0.717) is 0 Å². The minimum absolute atomic E-state index is 0.757. The first-order valence-corrected chi connectivity index (χ1v) is 13.7. The summed E-state index contributed by atoms with van der Waals surface area (Å²) < 4.78 is 6.02. The fourth-order valence-corrected chi connectivity index (χ4v) is 5.00. The van der Waals surface area contributed by atoms with Gasteiger partial charge in [-0.3, -0.25) is 0 Å². The lowest BCUT2D eigenvalue weighted by molar-refractivity contribution is 0.228. The van der Waals surface area contributed by atoms with Crippen molar-refractivity contribution in [1.29, 1.82) is 0 Å². The zero-order valence-electron chi connectivity index (χ0n) is 21.4. The summed E-state index contributed by atoms with van der Waals surface area (Å²) in [6, 6.07) is 8.25. The van der Waals surface area contributed by atoms with E-state index in [1.165, 1.54) is 76.2 Å². The van der Waals surface area contributed by atoms with Crippen molar-refractivity contribution in [1.82, 2.24) is 9.97 Å². The minimum Gasteiger partial charge on any atom is -0.494 e. The highest BCUT2D eigenvalue weighted by atomic mass is 16.5. The van der Waals surface area contributed by atoms with Gasteiger partial charge in [-0.1, -0.05) is 78.6 Å². The van der Waals surface area contributed by atoms with Gasteiger partial charge in [-0.25, -0.2) is 9.97 Å². The number of rotatable bonds is 14. The Labute approximate surface area is 202 Å². The van der Waals surface area contributed by atoms with E-state index in [2.05, 4.69) is 55.0 Å². The second kappa shape index (κ2) is 14.4.